The number of benzene rings is 8. The van der Waals surface area contributed by atoms with Gasteiger partial charge in [0.1, 0.15) is 0 Å². The molecular formula is C74H66N2. The molecule has 10 aromatic rings. The van der Waals surface area contributed by atoms with Crippen LogP contribution in [-0.2, 0) is 12.0 Å². The molecule has 0 saturated heterocycles. The maximum Gasteiger partial charge on any atom is 0.0619 e. The van der Waals surface area contributed by atoms with Crippen molar-refractivity contribution in [1.29, 1.82) is 0 Å². The maximum absolute atomic E-state index is 4.60. The Kier molecular flexibility index (Phi) is 12.8. The lowest BCUT2D eigenvalue weighted by Crippen LogP contribution is -2.15. The zero-order valence-electron chi connectivity index (χ0n) is 44.9. The Labute approximate surface area is 449 Å². The number of allylic oxidation sites excluding steroid dienone is 9. The Bertz CT molecular complexity index is 4060. The zero-order chi connectivity index (χ0) is 52.1. The summed E-state index contributed by atoms with van der Waals surface area (Å²) in [5.41, 5.74) is 25.9. The molecule has 2 aliphatic rings. The van der Waals surface area contributed by atoms with E-state index >= 15 is 0 Å². The second-order valence-electron chi connectivity index (χ2n) is 21.5. The average molecular weight is 983 g/mol. The van der Waals surface area contributed by atoms with E-state index in [0.29, 0.717) is 6.54 Å². The van der Waals surface area contributed by atoms with Crippen molar-refractivity contribution in [3.63, 3.8) is 0 Å². The summed E-state index contributed by atoms with van der Waals surface area (Å²) in [4.78, 5) is 0. The molecule has 2 aromatic heterocycles. The van der Waals surface area contributed by atoms with Crippen molar-refractivity contribution in [3.8, 4) is 39.1 Å². The molecule has 2 nitrogen and oxygen atoms in total. The second-order valence-corrected chi connectivity index (χ2v) is 21.5. The molecule has 0 saturated carbocycles. The minimum atomic E-state index is -0.162. The largest absolute Gasteiger partial charge is 0.335 e. The standard InChI is InChI=1S/C74H66N2/c1-8-11-12-16-26-50(5)64-41-49(4)42-66-60(10-3)71(75(72(64)66)48-51-27-25-34-55(43-51)52-28-17-13-18-29-52)59(9-2)56-37-39-63-67-45-57(53-30-19-14-20-31-53)44-65(54-32-21-15-22-33-54)73(67)76(70(63)46-56)58-38-40-62-61-35-23-24-36-68(61)74(6,7)69(62)47-58/h9-13,15-19,21-47,50H,3,8,14,20,48H2,1-2,4-7H3/b12-11-,26-16-,59-9-. The molecule has 2 heteroatoms. The molecule has 0 aliphatic heterocycles. The van der Waals surface area contributed by atoms with Crippen molar-refractivity contribution in [2.45, 2.75) is 78.7 Å². The van der Waals surface area contributed by atoms with Gasteiger partial charge in [0.05, 0.1) is 22.2 Å². The normalized spacial score (nSPS) is 14.6. The number of hydrogen-bond acceptors (Lipinski definition) is 0. The summed E-state index contributed by atoms with van der Waals surface area (Å²) in [6, 6.07) is 64.0. The van der Waals surface area contributed by atoms with E-state index in [1.165, 1.54) is 116 Å². The number of aromatic nitrogens is 2. The molecule has 1 unspecified atom stereocenters. The van der Waals surface area contributed by atoms with Crippen LogP contribution < -0.4 is 0 Å². The van der Waals surface area contributed by atoms with Crippen LogP contribution in [0.5, 0.6) is 0 Å². The number of aryl methyl sites for hydroxylation is 1. The lowest BCUT2D eigenvalue weighted by molar-refractivity contribution is 0.660. The van der Waals surface area contributed by atoms with E-state index < -0.39 is 0 Å². The van der Waals surface area contributed by atoms with E-state index in [1.807, 2.05) is 0 Å². The highest BCUT2D eigenvalue weighted by Crippen LogP contribution is 2.51. The Morgan fingerprint density at radius 1 is 0.658 bits per heavy atom. The van der Waals surface area contributed by atoms with E-state index in [-0.39, 0.29) is 11.3 Å². The highest BCUT2D eigenvalue weighted by molar-refractivity contribution is 6.16. The quantitative estimate of drug-likeness (QED) is 0.102. The van der Waals surface area contributed by atoms with Gasteiger partial charge in [-0.25, -0.2) is 0 Å². The number of fused-ring (bicyclic) bond motifs is 7. The third-order valence-corrected chi connectivity index (χ3v) is 16.3. The van der Waals surface area contributed by atoms with Gasteiger partial charge in [-0.2, -0.15) is 0 Å². The first kappa shape index (κ1) is 48.5. The lowest BCUT2D eigenvalue weighted by Gasteiger charge is -2.22. The number of rotatable bonds is 13. The van der Waals surface area contributed by atoms with Gasteiger partial charge in [-0.3, -0.25) is 0 Å². The first-order valence-corrected chi connectivity index (χ1v) is 27.4. The lowest BCUT2D eigenvalue weighted by atomic mass is 9.82. The molecule has 1 atom stereocenters. The smallest absolute Gasteiger partial charge is 0.0619 e. The number of hydrogen-bond donors (Lipinski definition) is 0. The van der Waals surface area contributed by atoms with Gasteiger partial charge >= 0.3 is 0 Å². The number of nitrogens with zero attached hydrogens (tertiary/aromatic N) is 2. The van der Waals surface area contributed by atoms with Gasteiger partial charge in [0.25, 0.3) is 0 Å². The fraction of sp³-hybridized carbons (Fsp3) is 0.162. The third kappa shape index (κ3) is 8.38. The summed E-state index contributed by atoms with van der Waals surface area (Å²) in [7, 11) is 0. The second kappa shape index (κ2) is 20.0. The van der Waals surface area contributed by atoms with Crippen molar-refractivity contribution in [3.05, 3.63) is 275 Å². The summed E-state index contributed by atoms with van der Waals surface area (Å²) in [5.74, 6) is 0.161. The van der Waals surface area contributed by atoms with Crippen molar-refractivity contribution < 1.29 is 0 Å². The Morgan fingerprint density at radius 3 is 2.18 bits per heavy atom. The van der Waals surface area contributed by atoms with Crippen LogP contribution in [0.4, 0.5) is 0 Å². The van der Waals surface area contributed by atoms with Gasteiger partial charge in [-0.15, -0.1) is 0 Å². The highest BCUT2D eigenvalue weighted by atomic mass is 15.0. The van der Waals surface area contributed by atoms with E-state index in [1.54, 1.807) is 0 Å². The summed E-state index contributed by atoms with van der Waals surface area (Å²) < 4.78 is 5.19. The molecule has 2 aliphatic carbocycles. The fourth-order valence-corrected chi connectivity index (χ4v) is 12.6. The Morgan fingerprint density at radius 2 is 1.42 bits per heavy atom. The van der Waals surface area contributed by atoms with Gasteiger partial charge in [0.15, 0.2) is 0 Å². The SMILES string of the molecule is C=Cc1c(/C(=C\C)c2ccc3c4cc(C5=CCCC=C5)cc(-c5ccccc5)c4n(-c4ccc5c(c4)C(C)(C)c4ccccc4-5)c3c2)n(Cc2cccc(-c3ccccc3)c2)c2c(C(C)/C=C\C=C/CC)cc(C)cc12. The summed E-state index contributed by atoms with van der Waals surface area (Å²) in [6.45, 7) is 19.0. The predicted octanol–water partition coefficient (Wildman–Crippen LogP) is 20.2. The third-order valence-electron chi connectivity index (χ3n) is 16.3. The molecule has 76 heavy (non-hydrogen) atoms. The van der Waals surface area contributed by atoms with Crippen molar-refractivity contribution in [2.75, 3.05) is 0 Å². The minimum Gasteiger partial charge on any atom is -0.335 e. The van der Waals surface area contributed by atoms with E-state index in [0.717, 1.165) is 36.1 Å². The monoisotopic (exact) mass is 983 g/mol. The first-order valence-electron chi connectivity index (χ1n) is 27.4. The van der Waals surface area contributed by atoms with Crippen molar-refractivity contribution in [2.24, 2.45) is 0 Å². The van der Waals surface area contributed by atoms with E-state index in [9.17, 15) is 0 Å². The van der Waals surface area contributed by atoms with Crippen LogP contribution >= 0.6 is 0 Å². The zero-order valence-corrected chi connectivity index (χ0v) is 44.9. The molecule has 0 spiro atoms. The molecule has 0 N–H and O–H groups in total. The molecule has 2 heterocycles. The summed E-state index contributed by atoms with van der Waals surface area (Å²) in [6.07, 6.45) is 23.6. The molecule has 0 radical (unpaired) electrons. The molecule has 0 fully saturated rings. The summed E-state index contributed by atoms with van der Waals surface area (Å²) in [5, 5.41) is 3.71. The minimum absolute atomic E-state index is 0.161. The molecule has 0 bridgehead atoms. The maximum atomic E-state index is 4.60. The van der Waals surface area contributed by atoms with Gasteiger partial charge in [-0.1, -0.05) is 222 Å². The molecule has 12 rings (SSSR count). The van der Waals surface area contributed by atoms with Crippen LogP contribution in [0.1, 0.15) is 110 Å². The van der Waals surface area contributed by atoms with Crippen LogP contribution in [0.25, 0.3) is 89.0 Å². The Hall–Kier alpha value is -8.46. The van der Waals surface area contributed by atoms with E-state index in [2.05, 4.69) is 282 Å². The summed E-state index contributed by atoms with van der Waals surface area (Å²) >= 11 is 0. The topological polar surface area (TPSA) is 9.86 Å². The Balaban J connectivity index is 1.13. The molecular weight excluding hydrogens is 917 g/mol. The van der Waals surface area contributed by atoms with Crippen LogP contribution in [-0.4, -0.2) is 9.13 Å². The molecule has 372 valence electrons. The average Bonchev–Trinajstić information content (AvgIpc) is 4.03. The molecule has 0 amide bonds. The van der Waals surface area contributed by atoms with Crippen LogP contribution in [0, 0.1) is 6.92 Å². The molecule has 8 aromatic carbocycles. The van der Waals surface area contributed by atoms with Gasteiger partial charge in [-0.05, 0) is 142 Å². The van der Waals surface area contributed by atoms with Crippen LogP contribution in [0.3, 0.4) is 0 Å². The van der Waals surface area contributed by atoms with Crippen molar-refractivity contribution >= 4 is 49.9 Å². The first-order chi connectivity index (χ1) is 37.2. The van der Waals surface area contributed by atoms with Gasteiger partial charge < -0.3 is 9.13 Å². The predicted molar refractivity (Wildman–Crippen MR) is 328 cm³/mol. The highest BCUT2D eigenvalue weighted by Gasteiger charge is 2.36. The van der Waals surface area contributed by atoms with Gasteiger partial charge in [0, 0.05) is 56.4 Å². The van der Waals surface area contributed by atoms with Crippen LogP contribution in [0.2, 0.25) is 0 Å². The van der Waals surface area contributed by atoms with Crippen LogP contribution in [0.15, 0.2) is 225 Å². The fourth-order valence-electron chi connectivity index (χ4n) is 12.6. The van der Waals surface area contributed by atoms with Gasteiger partial charge in [0.2, 0.25) is 0 Å². The van der Waals surface area contributed by atoms with Crippen molar-refractivity contribution in [1.82, 2.24) is 9.13 Å². The van der Waals surface area contributed by atoms with E-state index in [4.69, 9.17) is 0 Å².